The fraction of sp³-hybridized carbons (Fsp3) is 0.846. The van der Waals surface area contributed by atoms with Gasteiger partial charge in [-0.25, -0.2) is 4.79 Å². The van der Waals surface area contributed by atoms with Gasteiger partial charge in [-0.15, -0.1) is 0 Å². The minimum absolute atomic E-state index is 0.0176. The second-order valence-corrected chi connectivity index (χ2v) is 4.74. The molecule has 0 aromatic heterocycles. The van der Waals surface area contributed by atoms with Crippen molar-refractivity contribution in [1.29, 1.82) is 0 Å². The molecular weight excluding hydrogens is 248 g/mol. The first-order chi connectivity index (χ1) is 9.20. The number of nitrogens with one attached hydrogen (secondary N) is 1. The number of carbonyl (C=O) groups excluding carboxylic acids is 1. The second kappa shape index (κ2) is 9.61. The Kier molecular flexibility index (Phi) is 7.97. The van der Waals surface area contributed by atoms with E-state index in [9.17, 15) is 9.59 Å². The maximum Gasteiger partial charge on any atom is 0.317 e. The van der Waals surface area contributed by atoms with Crippen LogP contribution in [0.1, 0.15) is 38.5 Å². The topological polar surface area (TPSA) is 78.9 Å². The molecular formula is C13H24N2O4. The molecule has 0 bridgehead atoms. The molecule has 0 aromatic rings. The largest absolute Gasteiger partial charge is 0.481 e. The van der Waals surface area contributed by atoms with Crippen LogP contribution in [0.4, 0.5) is 4.79 Å². The number of rotatable bonds is 7. The van der Waals surface area contributed by atoms with Crippen molar-refractivity contribution in [2.24, 2.45) is 0 Å². The molecule has 19 heavy (non-hydrogen) atoms. The fourth-order valence-electron chi connectivity index (χ4n) is 2.01. The van der Waals surface area contributed by atoms with Gasteiger partial charge >= 0.3 is 12.0 Å². The van der Waals surface area contributed by atoms with Crippen LogP contribution in [-0.4, -0.2) is 54.9 Å². The third kappa shape index (κ3) is 7.66. The number of carboxylic acid groups (broad SMARTS) is 1. The lowest BCUT2D eigenvalue weighted by Gasteiger charge is -2.20. The number of carbonyl (C=O) groups is 2. The van der Waals surface area contributed by atoms with E-state index in [1.54, 1.807) is 4.90 Å². The molecule has 1 aliphatic heterocycles. The molecule has 1 fully saturated rings. The standard InChI is InChI=1S/C13H24N2O4/c16-12(17)6-3-1-2-4-7-14-13(18)15-8-5-10-19-11-9-15/h1-11H2,(H,14,18)(H,16,17). The zero-order valence-corrected chi connectivity index (χ0v) is 11.4. The number of carboxylic acids is 1. The maximum atomic E-state index is 11.8. The number of amides is 2. The summed E-state index contributed by atoms with van der Waals surface area (Å²) in [4.78, 5) is 23.9. The Morgan fingerprint density at radius 3 is 2.68 bits per heavy atom. The number of urea groups is 1. The zero-order valence-electron chi connectivity index (χ0n) is 11.4. The van der Waals surface area contributed by atoms with Gasteiger partial charge in [-0.1, -0.05) is 12.8 Å². The monoisotopic (exact) mass is 272 g/mol. The lowest BCUT2D eigenvalue weighted by Crippen LogP contribution is -2.41. The lowest BCUT2D eigenvalue weighted by molar-refractivity contribution is -0.137. The van der Waals surface area contributed by atoms with Crippen LogP contribution in [0.3, 0.4) is 0 Å². The molecule has 6 nitrogen and oxygen atoms in total. The van der Waals surface area contributed by atoms with Crippen molar-refractivity contribution in [2.75, 3.05) is 32.8 Å². The van der Waals surface area contributed by atoms with E-state index < -0.39 is 5.97 Å². The van der Waals surface area contributed by atoms with Gasteiger partial charge in [0.2, 0.25) is 0 Å². The third-order valence-electron chi connectivity index (χ3n) is 3.10. The van der Waals surface area contributed by atoms with Gasteiger partial charge in [0.15, 0.2) is 0 Å². The van der Waals surface area contributed by atoms with Gasteiger partial charge in [0.25, 0.3) is 0 Å². The summed E-state index contributed by atoms with van der Waals surface area (Å²) in [6.45, 7) is 3.41. The molecule has 2 amide bonds. The average Bonchev–Trinajstić information content (AvgIpc) is 2.66. The van der Waals surface area contributed by atoms with Gasteiger partial charge in [0, 0.05) is 32.7 Å². The Morgan fingerprint density at radius 2 is 1.89 bits per heavy atom. The van der Waals surface area contributed by atoms with Crippen molar-refractivity contribution < 1.29 is 19.4 Å². The summed E-state index contributed by atoms with van der Waals surface area (Å²) < 4.78 is 5.29. The molecule has 0 unspecified atom stereocenters. The molecule has 2 N–H and O–H groups in total. The predicted molar refractivity (Wildman–Crippen MR) is 71.1 cm³/mol. The van der Waals surface area contributed by atoms with Gasteiger partial charge in [0.1, 0.15) is 0 Å². The van der Waals surface area contributed by atoms with E-state index in [0.717, 1.165) is 38.8 Å². The van der Waals surface area contributed by atoms with E-state index in [1.165, 1.54) is 0 Å². The molecule has 0 spiro atoms. The molecule has 110 valence electrons. The third-order valence-corrected chi connectivity index (χ3v) is 3.10. The van der Waals surface area contributed by atoms with Gasteiger partial charge in [-0.3, -0.25) is 4.79 Å². The van der Waals surface area contributed by atoms with Crippen LogP contribution in [0, 0.1) is 0 Å². The van der Waals surface area contributed by atoms with Gasteiger partial charge in [0.05, 0.1) is 6.61 Å². The van der Waals surface area contributed by atoms with Crippen LogP contribution in [0.15, 0.2) is 0 Å². The number of ether oxygens (including phenoxy) is 1. The van der Waals surface area contributed by atoms with Crippen molar-refractivity contribution in [1.82, 2.24) is 10.2 Å². The summed E-state index contributed by atoms with van der Waals surface area (Å²) in [6.07, 6.45) is 4.60. The van der Waals surface area contributed by atoms with E-state index >= 15 is 0 Å². The summed E-state index contributed by atoms with van der Waals surface area (Å²) >= 11 is 0. The van der Waals surface area contributed by atoms with Crippen molar-refractivity contribution in [3.05, 3.63) is 0 Å². The summed E-state index contributed by atoms with van der Waals surface area (Å²) in [6, 6.07) is -0.0176. The highest BCUT2D eigenvalue weighted by Crippen LogP contribution is 2.03. The first-order valence-electron chi connectivity index (χ1n) is 7.02. The molecule has 1 rings (SSSR count). The second-order valence-electron chi connectivity index (χ2n) is 4.74. The summed E-state index contributed by atoms with van der Waals surface area (Å²) in [5, 5.41) is 11.4. The van der Waals surface area contributed by atoms with Gasteiger partial charge in [-0.05, 0) is 19.3 Å². The molecule has 0 radical (unpaired) electrons. The van der Waals surface area contributed by atoms with Crippen molar-refractivity contribution in [2.45, 2.75) is 38.5 Å². The maximum absolute atomic E-state index is 11.8. The number of nitrogens with zero attached hydrogens (tertiary/aromatic N) is 1. The summed E-state index contributed by atoms with van der Waals surface area (Å²) in [5.41, 5.74) is 0. The molecule has 6 heteroatoms. The molecule has 1 saturated heterocycles. The first-order valence-corrected chi connectivity index (χ1v) is 7.02. The Bertz CT molecular complexity index is 276. The smallest absolute Gasteiger partial charge is 0.317 e. The minimum Gasteiger partial charge on any atom is -0.481 e. The van der Waals surface area contributed by atoms with Gasteiger partial charge < -0.3 is 20.1 Å². The summed E-state index contributed by atoms with van der Waals surface area (Å²) in [5.74, 6) is -0.739. The number of unbranched alkanes of at least 4 members (excludes halogenated alkanes) is 3. The van der Waals surface area contributed by atoms with E-state index in [-0.39, 0.29) is 12.5 Å². The number of hydrogen-bond donors (Lipinski definition) is 2. The van der Waals surface area contributed by atoms with Crippen LogP contribution in [0.5, 0.6) is 0 Å². The molecule has 0 atom stereocenters. The zero-order chi connectivity index (χ0) is 13.9. The van der Waals surface area contributed by atoms with Crippen LogP contribution in [0.2, 0.25) is 0 Å². The molecule has 0 aliphatic carbocycles. The Labute approximate surface area is 114 Å². The predicted octanol–water partition coefficient (Wildman–Crippen LogP) is 1.45. The number of aliphatic carboxylic acids is 1. The molecule has 0 aromatic carbocycles. The fourth-order valence-corrected chi connectivity index (χ4v) is 2.01. The van der Waals surface area contributed by atoms with Crippen LogP contribution < -0.4 is 5.32 Å². The first kappa shape index (κ1) is 15.8. The van der Waals surface area contributed by atoms with E-state index in [1.807, 2.05) is 0 Å². The van der Waals surface area contributed by atoms with E-state index in [0.29, 0.717) is 26.1 Å². The Morgan fingerprint density at radius 1 is 1.11 bits per heavy atom. The highest BCUT2D eigenvalue weighted by atomic mass is 16.5. The average molecular weight is 272 g/mol. The quantitative estimate of drug-likeness (QED) is 0.688. The lowest BCUT2D eigenvalue weighted by atomic mass is 10.1. The summed E-state index contributed by atoms with van der Waals surface area (Å²) in [7, 11) is 0. The van der Waals surface area contributed by atoms with Crippen LogP contribution in [-0.2, 0) is 9.53 Å². The number of hydrogen-bond acceptors (Lipinski definition) is 3. The molecule has 0 saturated carbocycles. The van der Waals surface area contributed by atoms with E-state index in [2.05, 4.69) is 5.32 Å². The van der Waals surface area contributed by atoms with Crippen molar-refractivity contribution >= 4 is 12.0 Å². The van der Waals surface area contributed by atoms with Gasteiger partial charge in [-0.2, -0.15) is 0 Å². The minimum atomic E-state index is -0.739. The normalized spacial score (nSPS) is 15.9. The van der Waals surface area contributed by atoms with Crippen molar-refractivity contribution in [3.63, 3.8) is 0 Å². The van der Waals surface area contributed by atoms with E-state index in [4.69, 9.17) is 9.84 Å². The molecule has 1 heterocycles. The molecule has 1 aliphatic rings. The van der Waals surface area contributed by atoms with Crippen LogP contribution >= 0.6 is 0 Å². The Balaban J connectivity index is 1.99. The SMILES string of the molecule is O=C(O)CCCCCCNC(=O)N1CCCOCC1. The van der Waals surface area contributed by atoms with Crippen molar-refractivity contribution in [3.8, 4) is 0 Å². The van der Waals surface area contributed by atoms with Crippen LogP contribution in [0.25, 0.3) is 0 Å². The highest BCUT2D eigenvalue weighted by molar-refractivity contribution is 5.74. The highest BCUT2D eigenvalue weighted by Gasteiger charge is 2.14. The Hall–Kier alpha value is -1.30.